The first kappa shape index (κ1) is 11.7. The van der Waals surface area contributed by atoms with Crippen LogP contribution in [0.4, 0.5) is 0 Å². The Kier molecular flexibility index (Phi) is 3.49. The molecular weight excluding hydrogens is 214 g/mol. The van der Waals surface area contributed by atoms with E-state index < -0.39 is 0 Å². The predicted octanol–water partition coefficient (Wildman–Crippen LogP) is 1.31. The largest absolute Gasteiger partial charge is 0.311 e. The second kappa shape index (κ2) is 5.05. The van der Waals surface area contributed by atoms with E-state index in [1.54, 1.807) is 0 Å². The van der Waals surface area contributed by atoms with Gasteiger partial charge in [-0.1, -0.05) is 24.3 Å². The SMILES string of the molecule is CNC(C)c1nnnn1Cc1ccccc1C. The summed E-state index contributed by atoms with van der Waals surface area (Å²) in [5.74, 6) is 0.857. The minimum absolute atomic E-state index is 0.147. The highest BCUT2D eigenvalue weighted by molar-refractivity contribution is 5.25. The van der Waals surface area contributed by atoms with Crippen LogP contribution < -0.4 is 5.32 Å². The van der Waals surface area contributed by atoms with Crippen LogP contribution in [0, 0.1) is 6.92 Å². The molecule has 5 nitrogen and oxygen atoms in total. The Bertz CT molecular complexity index is 491. The average Bonchev–Trinajstić information content (AvgIpc) is 2.79. The van der Waals surface area contributed by atoms with E-state index in [0.29, 0.717) is 6.54 Å². The first-order valence-corrected chi connectivity index (χ1v) is 5.70. The lowest BCUT2D eigenvalue weighted by atomic mass is 10.1. The summed E-state index contributed by atoms with van der Waals surface area (Å²) in [7, 11) is 1.90. The van der Waals surface area contributed by atoms with Gasteiger partial charge in [-0.15, -0.1) is 5.10 Å². The van der Waals surface area contributed by atoms with Gasteiger partial charge in [-0.25, -0.2) is 4.68 Å². The van der Waals surface area contributed by atoms with Crippen molar-refractivity contribution in [2.75, 3.05) is 7.05 Å². The standard InChI is InChI=1S/C12H17N5/c1-9-6-4-5-7-11(9)8-17-12(10(2)13-3)14-15-16-17/h4-7,10,13H,8H2,1-3H3. The summed E-state index contributed by atoms with van der Waals surface area (Å²) in [4.78, 5) is 0. The summed E-state index contributed by atoms with van der Waals surface area (Å²) in [6, 6.07) is 8.42. The normalized spacial score (nSPS) is 12.6. The van der Waals surface area contributed by atoms with E-state index in [0.717, 1.165) is 5.82 Å². The smallest absolute Gasteiger partial charge is 0.168 e. The van der Waals surface area contributed by atoms with Crippen molar-refractivity contribution in [2.45, 2.75) is 26.4 Å². The van der Waals surface area contributed by atoms with E-state index in [9.17, 15) is 0 Å². The topological polar surface area (TPSA) is 55.6 Å². The minimum atomic E-state index is 0.147. The molecule has 1 aromatic heterocycles. The van der Waals surface area contributed by atoms with Crippen molar-refractivity contribution < 1.29 is 0 Å². The van der Waals surface area contributed by atoms with Gasteiger partial charge in [-0.2, -0.15) is 0 Å². The molecule has 0 aliphatic heterocycles. The number of nitrogens with one attached hydrogen (secondary N) is 1. The highest BCUT2D eigenvalue weighted by Crippen LogP contribution is 2.12. The van der Waals surface area contributed by atoms with Gasteiger partial charge in [-0.05, 0) is 42.4 Å². The molecule has 1 atom stereocenters. The number of rotatable bonds is 4. The summed E-state index contributed by atoms with van der Waals surface area (Å²) >= 11 is 0. The Morgan fingerprint density at radius 3 is 2.82 bits per heavy atom. The zero-order chi connectivity index (χ0) is 12.3. The van der Waals surface area contributed by atoms with Crippen molar-refractivity contribution in [1.29, 1.82) is 0 Å². The van der Waals surface area contributed by atoms with E-state index in [4.69, 9.17) is 0 Å². The molecule has 0 aliphatic rings. The van der Waals surface area contributed by atoms with Crippen LogP contribution in [0.25, 0.3) is 0 Å². The van der Waals surface area contributed by atoms with Crippen LogP contribution in [0.15, 0.2) is 24.3 Å². The van der Waals surface area contributed by atoms with Gasteiger partial charge in [0.05, 0.1) is 12.6 Å². The predicted molar refractivity (Wildman–Crippen MR) is 65.6 cm³/mol. The summed E-state index contributed by atoms with van der Waals surface area (Å²) < 4.78 is 1.84. The minimum Gasteiger partial charge on any atom is -0.311 e. The fourth-order valence-corrected chi connectivity index (χ4v) is 1.71. The van der Waals surface area contributed by atoms with Crippen molar-refractivity contribution in [3.05, 3.63) is 41.2 Å². The van der Waals surface area contributed by atoms with Gasteiger partial charge in [0.15, 0.2) is 5.82 Å². The molecule has 5 heteroatoms. The number of benzene rings is 1. The van der Waals surface area contributed by atoms with Gasteiger partial charge in [0, 0.05) is 0 Å². The summed E-state index contributed by atoms with van der Waals surface area (Å²) in [5, 5.41) is 15.0. The van der Waals surface area contributed by atoms with Gasteiger partial charge in [-0.3, -0.25) is 0 Å². The third-order valence-electron chi connectivity index (χ3n) is 2.96. The molecule has 2 aromatic rings. The Morgan fingerprint density at radius 2 is 2.12 bits per heavy atom. The maximum atomic E-state index is 4.05. The Balaban J connectivity index is 2.25. The zero-order valence-corrected chi connectivity index (χ0v) is 10.4. The summed E-state index contributed by atoms with van der Waals surface area (Å²) in [5.41, 5.74) is 2.50. The maximum absolute atomic E-state index is 4.05. The molecule has 0 radical (unpaired) electrons. The summed E-state index contributed by atoms with van der Waals surface area (Å²) in [6.45, 7) is 4.85. The lowest BCUT2D eigenvalue weighted by Gasteiger charge is -2.11. The van der Waals surface area contributed by atoms with E-state index in [-0.39, 0.29) is 6.04 Å². The van der Waals surface area contributed by atoms with E-state index in [2.05, 4.69) is 39.9 Å². The quantitative estimate of drug-likeness (QED) is 0.862. The number of nitrogens with zero attached hydrogens (tertiary/aromatic N) is 4. The molecule has 0 spiro atoms. The number of hydrogen-bond donors (Lipinski definition) is 1. The Morgan fingerprint density at radius 1 is 1.35 bits per heavy atom. The Hall–Kier alpha value is -1.75. The second-order valence-corrected chi connectivity index (χ2v) is 4.13. The fraction of sp³-hybridized carbons (Fsp3) is 0.417. The van der Waals surface area contributed by atoms with Crippen LogP contribution in [-0.2, 0) is 6.54 Å². The Labute approximate surface area is 101 Å². The maximum Gasteiger partial charge on any atom is 0.168 e. The van der Waals surface area contributed by atoms with E-state index in [1.165, 1.54) is 11.1 Å². The zero-order valence-electron chi connectivity index (χ0n) is 10.4. The number of aryl methyl sites for hydroxylation is 1. The molecular formula is C12H17N5. The molecule has 90 valence electrons. The van der Waals surface area contributed by atoms with Crippen molar-refractivity contribution in [2.24, 2.45) is 0 Å². The van der Waals surface area contributed by atoms with Crippen LogP contribution in [-0.4, -0.2) is 27.3 Å². The van der Waals surface area contributed by atoms with E-state index >= 15 is 0 Å². The van der Waals surface area contributed by atoms with Crippen LogP contribution in [0.1, 0.15) is 29.9 Å². The van der Waals surface area contributed by atoms with Gasteiger partial charge in [0.25, 0.3) is 0 Å². The monoisotopic (exact) mass is 231 g/mol. The third-order valence-corrected chi connectivity index (χ3v) is 2.96. The van der Waals surface area contributed by atoms with Gasteiger partial charge in [0.2, 0.25) is 0 Å². The molecule has 0 amide bonds. The molecule has 17 heavy (non-hydrogen) atoms. The summed E-state index contributed by atoms with van der Waals surface area (Å²) in [6.07, 6.45) is 0. The average molecular weight is 231 g/mol. The van der Waals surface area contributed by atoms with E-state index in [1.807, 2.05) is 30.8 Å². The molecule has 1 heterocycles. The molecule has 0 fully saturated rings. The van der Waals surface area contributed by atoms with Gasteiger partial charge < -0.3 is 5.32 Å². The van der Waals surface area contributed by atoms with Crippen molar-refractivity contribution in [3.63, 3.8) is 0 Å². The molecule has 0 saturated heterocycles. The molecule has 1 aromatic carbocycles. The van der Waals surface area contributed by atoms with Crippen LogP contribution >= 0.6 is 0 Å². The molecule has 1 unspecified atom stereocenters. The first-order chi connectivity index (χ1) is 8.22. The highest BCUT2D eigenvalue weighted by Gasteiger charge is 2.13. The van der Waals surface area contributed by atoms with Gasteiger partial charge in [0.1, 0.15) is 0 Å². The molecule has 0 aliphatic carbocycles. The van der Waals surface area contributed by atoms with Crippen LogP contribution in [0.5, 0.6) is 0 Å². The van der Waals surface area contributed by atoms with Crippen LogP contribution in [0.3, 0.4) is 0 Å². The van der Waals surface area contributed by atoms with Crippen molar-refractivity contribution >= 4 is 0 Å². The highest BCUT2D eigenvalue weighted by atomic mass is 15.5. The molecule has 2 rings (SSSR count). The molecule has 1 N–H and O–H groups in total. The number of aromatic nitrogens is 4. The second-order valence-electron chi connectivity index (χ2n) is 4.13. The number of hydrogen-bond acceptors (Lipinski definition) is 4. The van der Waals surface area contributed by atoms with Crippen LogP contribution in [0.2, 0.25) is 0 Å². The van der Waals surface area contributed by atoms with Crippen molar-refractivity contribution in [1.82, 2.24) is 25.5 Å². The number of tetrazole rings is 1. The fourth-order valence-electron chi connectivity index (χ4n) is 1.71. The lowest BCUT2D eigenvalue weighted by Crippen LogP contribution is -2.19. The first-order valence-electron chi connectivity index (χ1n) is 5.70. The van der Waals surface area contributed by atoms with Crippen molar-refractivity contribution in [3.8, 4) is 0 Å². The third kappa shape index (κ3) is 2.50. The molecule has 0 bridgehead atoms. The molecule has 0 saturated carbocycles. The lowest BCUT2D eigenvalue weighted by molar-refractivity contribution is 0.539. The van der Waals surface area contributed by atoms with Gasteiger partial charge >= 0.3 is 0 Å².